The number of aliphatic hydroxyl groups is 1. The number of allylic oxidation sites excluding steroid dienone is 1. The Labute approximate surface area is 101 Å². The average molecular weight is 253 g/mol. The van der Waals surface area contributed by atoms with E-state index in [1.807, 2.05) is 0 Å². The number of carbonyl (C=O) groups is 1. The fourth-order valence-corrected chi connectivity index (χ4v) is 1.63. The molecule has 6 heteroatoms. The molecule has 0 aliphatic rings. The lowest BCUT2D eigenvalue weighted by Crippen LogP contribution is -2.06. The number of aliphatic carboxylic acids is 1. The molecule has 1 aromatic heterocycles. The number of fused-ring (bicyclic) bond motifs is 1. The van der Waals surface area contributed by atoms with Gasteiger partial charge in [-0.3, -0.25) is 0 Å². The molecule has 0 fully saturated rings. The highest BCUT2D eigenvalue weighted by Gasteiger charge is 2.19. The molecule has 0 radical (unpaired) electrons. The largest absolute Gasteiger partial charge is 0.510 e. The van der Waals surface area contributed by atoms with Crippen LogP contribution in [0, 0.1) is 0 Å². The Balaban J connectivity index is 2.61. The highest BCUT2D eigenvalue weighted by molar-refractivity contribution is 6.22. The Bertz CT molecular complexity index is 571. The molecular formula is C11H9ClN2O3. The van der Waals surface area contributed by atoms with E-state index in [0.717, 1.165) is 0 Å². The Hall–Kier alpha value is -2.01. The minimum absolute atomic E-state index is 0.0943. The van der Waals surface area contributed by atoms with Gasteiger partial charge >= 0.3 is 5.97 Å². The Morgan fingerprint density at radius 2 is 2.06 bits per heavy atom. The molecule has 17 heavy (non-hydrogen) atoms. The second-order valence-corrected chi connectivity index (χ2v) is 3.63. The zero-order valence-corrected chi connectivity index (χ0v) is 9.40. The van der Waals surface area contributed by atoms with Crippen molar-refractivity contribution in [3.8, 4) is 0 Å². The van der Waals surface area contributed by atoms with Crippen LogP contribution in [0.2, 0.25) is 0 Å². The maximum absolute atomic E-state index is 11.0. The summed E-state index contributed by atoms with van der Waals surface area (Å²) in [5.74, 6) is -1.88. The van der Waals surface area contributed by atoms with Gasteiger partial charge in [0, 0.05) is 0 Å². The van der Waals surface area contributed by atoms with Gasteiger partial charge in [-0.1, -0.05) is 12.1 Å². The Kier molecular flexibility index (Phi) is 3.01. The van der Waals surface area contributed by atoms with E-state index >= 15 is 0 Å². The van der Waals surface area contributed by atoms with Gasteiger partial charge in [0.15, 0.2) is 0 Å². The number of hydrogen-bond donors (Lipinski definition) is 3. The molecule has 0 saturated heterocycles. The maximum Gasteiger partial charge on any atom is 0.342 e. The predicted molar refractivity (Wildman–Crippen MR) is 64.0 cm³/mol. The number of aromatic nitrogens is 2. The molecule has 0 aliphatic heterocycles. The molecule has 88 valence electrons. The van der Waals surface area contributed by atoms with Crippen molar-refractivity contribution >= 4 is 34.2 Å². The van der Waals surface area contributed by atoms with E-state index in [2.05, 4.69) is 9.97 Å². The lowest BCUT2D eigenvalue weighted by molar-refractivity contribution is -0.130. The summed E-state index contributed by atoms with van der Waals surface area (Å²) in [5.41, 5.74) is 1.02. The van der Waals surface area contributed by atoms with Crippen LogP contribution in [0.25, 0.3) is 16.6 Å². The zero-order valence-electron chi connectivity index (χ0n) is 8.64. The van der Waals surface area contributed by atoms with Crippen LogP contribution in [-0.4, -0.2) is 32.0 Å². The molecule has 0 saturated carbocycles. The summed E-state index contributed by atoms with van der Waals surface area (Å²) in [4.78, 5) is 18.0. The first-order valence-corrected chi connectivity index (χ1v) is 5.33. The first-order valence-electron chi connectivity index (χ1n) is 4.80. The van der Waals surface area contributed by atoms with Crippen LogP contribution in [0.4, 0.5) is 0 Å². The fraction of sp³-hybridized carbons (Fsp3) is 0.0909. The number of benzene rings is 1. The number of carboxylic acids is 1. The van der Waals surface area contributed by atoms with Crippen LogP contribution in [0.5, 0.6) is 0 Å². The summed E-state index contributed by atoms with van der Waals surface area (Å²) >= 11 is 5.43. The second kappa shape index (κ2) is 4.47. The highest BCUT2D eigenvalue weighted by Crippen LogP contribution is 2.19. The number of aromatic amines is 1. The van der Waals surface area contributed by atoms with Gasteiger partial charge in [-0.2, -0.15) is 0 Å². The fourth-order valence-electron chi connectivity index (χ4n) is 1.50. The summed E-state index contributed by atoms with van der Waals surface area (Å²) in [6.45, 7) is 0. The molecule has 0 spiro atoms. The van der Waals surface area contributed by atoms with Crippen molar-refractivity contribution in [2.24, 2.45) is 0 Å². The number of hydrogen-bond acceptors (Lipinski definition) is 3. The molecule has 0 bridgehead atoms. The summed E-state index contributed by atoms with van der Waals surface area (Å²) < 4.78 is 0. The van der Waals surface area contributed by atoms with E-state index in [4.69, 9.17) is 16.7 Å². The molecule has 1 heterocycles. The number of aliphatic hydroxyl groups excluding tert-OH is 1. The van der Waals surface area contributed by atoms with Crippen molar-refractivity contribution in [2.45, 2.75) is 0 Å². The van der Waals surface area contributed by atoms with Gasteiger partial charge in [-0.25, -0.2) is 9.78 Å². The van der Waals surface area contributed by atoms with E-state index < -0.39 is 11.7 Å². The van der Waals surface area contributed by atoms with Crippen molar-refractivity contribution in [3.63, 3.8) is 0 Å². The number of H-pyrrole nitrogens is 1. The van der Waals surface area contributed by atoms with Crippen molar-refractivity contribution in [1.29, 1.82) is 0 Å². The Morgan fingerprint density at radius 1 is 1.35 bits per heavy atom. The van der Waals surface area contributed by atoms with E-state index in [-0.39, 0.29) is 17.3 Å². The van der Waals surface area contributed by atoms with Gasteiger partial charge in [0.25, 0.3) is 0 Å². The van der Waals surface area contributed by atoms with E-state index in [9.17, 15) is 9.90 Å². The van der Waals surface area contributed by atoms with Gasteiger partial charge in [-0.05, 0) is 12.1 Å². The van der Waals surface area contributed by atoms with E-state index in [1.54, 1.807) is 24.3 Å². The summed E-state index contributed by atoms with van der Waals surface area (Å²) in [6, 6.07) is 7.10. The first kappa shape index (κ1) is 11.5. The average Bonchev–Trinajstić information content (AvgIpc) is 2.71. The topological polar surface area (TPSA) is 86.2 Å². The van der Waals surface area contributed by atoms with E-state index in [1.165, 1.54) is 0 Å². The van der Waals surface area contributed by atoms with Crippen molar-refractivity contribution < 1.29 is 15.0 Å². The standard InChI is InChI=1S/C11H9ClN2O3/c12-5-8(15)9(11(16)17)10-13-6-3-1-2-4-7(6)14-10/h1-4,15H,5H2,(H,13,14)(H,16,17). The van der Waals surface area contributed by atoms with Gasteiger partial charge < -0.3 is 15.2 Å². The molecule has 2 aromatic rings. The third kappa shape index (κ3) is 2.09. The third-order valence-electron chi connectivity index (χ3n) is 2.26. The number of imidazole rings is 1. The minimum atomic E-state index is -1.28. The lowest BCUT2D eigenvalue weighted by atomic mass is 10.2. The zero-order chi connectivity index (χ0) is 12.4. The van der Waals surface area contributed by atoms with Gasteiger partial charge in [-0.15, -0.1) is 11.6 Å². The summed E-state index contributed by atoms with van der Waals surface area (Å²) in [5, 5.41) is 18.5. The molecule has 3 N–H and O–H groups in total. The van der Waals surface area contributed by atoms with Gasteiger partial charge in [0.1, 0.15) is 17.2 Å². The van der Waals surface area contributed by atoms with Crippen LogP contribution in [0.1, 0.15) is 5.82 Å². The minimum Gasteiger partial charge on any atom is -0.510 e. The number of carboxylic acid groups (broad SMARTS) is 1. The third-order valence-corrected chi connectivity index (χ3v) is 2.51. The molecule has 5 nitrogen and oxygen atoms in total. The van der Waals surface area contributed by atoms with Gasteiger partial charge in [0.05, 0.1) is 16.9 Å². The molecule has 1 aromatic carbocycles. The number of rotatable bonds is 3. The van der Waals surface area contributed by atoms with Crippen LogP contribution >= 0.6 is 11.6 Å². The quantitative estimate of drug-likeness (QED) is 0.444. The molecule has 0 unspecified atom stereocenters. The molecule has 2 rings (SSSR count). The summed E-state index contributed by atoms with van der Waals surface area (Å²) in [7, 11) is 0. The van der Waals surface area contributed by atoms with Crippen molar-refractivity contribution in [2.75, 3.05) is 5.88 Å². The van der Waals surface area contributed by atoms with Crippen LogP contribution < -0.4 is 0 Å². The van der Waals surface area contributed by atoms with Crippen molar-refractivity contribution in [3.05, 3.63) is 35.8 Å². The predicted octanol–water partition coefficient (Wildman–Crippen LogP) is 2.16. The van der Waals surface area contributed by atoms with Crippen LogP contribution in [0.15, 0.2) is 30.0 Å². The number of para-hydroxylation sites is 2. The lowest BCUT2D eigenvalue weighted by Gasteiger charge is -2.00. The molecule has 0 atom stereocenters. The number of nitrogens with one attached hydrogen (secondary N) is 1. The summed E-state index contributed by atoms with van der Waals surface area (Å²) in [6.07, 6.45) is 0. The molecular weight excluding hydrogens is 244 g/mol. The SMILES string of the molecule is O=C(O)C(=C(O)CCl)c1nc2ccccc2[nH]1. The number of nitrogens with zero attached hydrogens (tertiary/aromatic N) is 1. The first-order chi connectivity index (χ1) is 8.13. The second-order valence-electron chi connectivity index (χ2n) is 3.36. The van der Waals surface area contributed by atoms with E-state index in [0.29, 0.717) is 11.0 Å². The monoisotopic (exact) mass is 252 g/mol. The van der Waals surface area contributed by atoms with Crippen LogP contribution in [-0.2, 0) is 4.79 Å². The maximum atomic E-state index is 11.0. The molecule has 0 amide bonds. The number of alkyl halides is 1. The molecule has 0 aliphatic carbocycles. The number of halogens is 1. The normalized spacial score (nSPS) is 12.5. The highest BCUT2D eigenvalue weighted by atomic mass is 35.5. The van der Waals surface area contributed by atoms with Crippen LogP contribution in [0.3, 0.4) is 0 Å². The smallest absolute Gasteiger partial charge is 0.342 e. The Morgan fingerprint density at radius 3 is 2.65 bits per heavy atom. The van der Waals surface area contributed by atoms with Gasteiger partial charge in [0.2, 0.25) is 0 Å². The van der Waals surface area contributed by atoms with Crippen molar-refractivity contribution in [1.82, 2.24) is 9.97 Å².